The number of aromatic nitrogens is 2. The summed E-state index contributed by atoms with van der Waals surface area (Å²) in [6.45, 7) is 5.74. The normalized spacial score (nSPS) is 50.8. The average molecular weight is 422 g/mol. The largest absolute Gasteiger partial charge is 0.390 e. The zero-order chi connectivity index (χ0) is 21.4. The van der Waals surface area contributed by atoms with E-state index in [4.69, 9.17) is 5.26 Å². The first-order valence-electron chi connectivity index (χ1n) is 13.0. The van der Waals surface area contributed by atoms with Crippen molar-refractivity contribution in [1.29, 1.82) is 5.26 Å². The molecule has 10 atom stereocenters. The summed E-state index contributed by atoms with van der Waals surface area (Å²) in [7, 11) is 0. The molecule has 0 saturated heterocycles. The van der Waals surface area contributed by atoms with Gasteiger partial charge in [0.05, 0.1) is 17.4 Å². The standard InChI is InChI=1S/C27H39N3O/c1-26(31)9-7-20-18(12-26)3-4-22-21(20)8-10-27(2)24(22)5-6-25(27)23-11-19(23)16-30-15-17(13-28)14-29-30/h14-15,18-25,31H,3-12,16H2,1-2H3/t18-,19-,20+,21-,22-,23?,24+,25-,26-,27+/m1/s1. The molecular weight excluding hydrogens is 382 g/mol. The molecule has 1 unspecified atom stereocenters. The van der Waals surface area contributed by atoms with Crippen molar-refractivity contribution in [2.75, 3.05) is 0 Å². The molecule has 6 rings (SSSR count). The Hall–Kier alpha value is -1.34. The van der Waals surface area contributed by atoms with E-state index in [9.17, 15) is 5.11 Å². The Bertz CT molecular complexity index is 883. The van der Waals surface area contributed by atoms with Crippen LogP contribution in [0.5, 0.6) is 0 Å². The van der Waals surface area contributed by atoms with Gasteiger partial charge in [0.15, 0.2) is 0 Å². The number of fused-ring (bicyclic) bond motifs is 5. The van der Waals surface area contributed by atoms with Gasteiger partial charge >= 0.3 is 0 Å². The first-order valence-corrected chi connectivity index (χ1v) is 13.0. The van der Waals surface area contributed by atoms with Crippen LogP contribution in [0.25, 0.3) is 0 Å². The summed E-state index contributed by atoms with van der Waals surface area (Å²) < 4.78 is 2.01. The van der Waals surface area contributed by atoms with Gasteiger partial charge in [0.2, 0.25) is 0 Å². The molecule has 5 fully saturated rings. The SMILES string of the molecule is C[C@@]1(O)CC[C@H]2[C@H](CC[C@@H]3[C@@H]2CC[C@]2(C)[C@@H](C4C[C@@H]4Cn4cc(C#N)cn4)CC[C@@H]32)C1. The molecule has 4 nitrogen and oxygen atoms in total. The van der Waals surface area contributed by atoms with E-state index in [1.807, 2.05) is 10.9 Å². The Morgan fingerprint density at radius 2 is 1.81 bits per heavy atom. The van der Waals surface area contributed by atoms with E-state index in [0.717, 1.165) is 66.7 Å². The van der Waals surface area contributed by atoms with Gasteiger partial charge in [-0.3, -0.25) is 4.68 Å². The molecule has 0 aromatic carbocycles. The minimum absolute atomic E-state index is 0.404. The number of nitrogens with zero attached hydrogens (tertiary/aromatic N) is 3. The maximum absolute atomic E-state index is 10.6. The van der Waals surface area contributed by atoms with E-state index >= 15 is 0 Å². The van der Waals surface area contributed by atoms with Crippen LogP contribution in [0, 0.1) is 64.1 Å². The lowest BCUT2D eigenvalue weighted by Crippen LogP contribution is -2.50. The topological polar surface area (TPSA) is 61.8 Å². The third-order valence-corrected chi connectivity index (χ3v) is 11.0. The maximum atomic E-state index is 10.6. The number of hydrogen-bond donors (Lipinski definition) is 1. The summed E-state index contributed by atoms with van der Waals surface area (Å²) in [6, 6.07) is 2.20. The van der Waals surface area contributed by atoms with Crippen LogP contribution in [0.3, 0.4) is 0 Å². The first kappa shape index (κ1) is 20.3. The lowest BCUT2D eigenvalue weighted by Gasteiger charge is -2.57. The summed E-state index contributed by atoms with van der Waals surface area (Å²) in [5.41, 5.74) is 0.831. The molecule has 168 valence electrons. The Balaban J connectivity index is 1.14. The van der Waals surface area contributed by atoms with Gasteiger partial charge in [-0.2, -0.15) is 10.4 Å². The number of rotatable bonds is 3. The van der Waals surface area contributed by atoms with Crippen molar-refractivity contribution in [2.24, 2.45) is 52.8 Å². The fourth-order valence-corrected chi connectivity index (χ4v) is 9.56. The number of nitriles is 1. The van der Waals surface area contributed by atoms with Gasteiger partial charge in [-0.1, -0.05) is 6.92 Å². The molecule has 0 amide bonds. The maximum Gasteiger partial charge on any atom is 0.102 e. The smallest absolute Gasteiger partial charge is 0.102 e. The fraction of sp³-hybridized carbons (Fsp3) is 0.852. The van der Waals surface area contributed by atoms with E-state index in [2.05, 4.69) is 25.0 Å². The molecule has 5 aliphatic carbocycles. The van der Waals surface area contributed by atoms with Crippen LogP contribution in [-0.4, -0.2) is 20.5 Å². The second kappa shape index (κ2) is 7.08. The average Bonchev–Trinajstić information content (AvgIpc) is 3.16. The molecule has 31 heavy (non-hydrogen) atoms. The van der Waals surface area contributed by atoms with Crippen molar-refractivity contribution in [1.82, 2.24) is 9.78 Å². The van der Waals surface area contributed by atoms with Crippen LogP contribution >= 0.6 is 0 Å². The second-order valence-corrected chi connectivity index (χ2v) is 12.6. The van der Waals surface area contributed by atoms with E-state index in [1.54, 1.807) is 6.20 Å². The summed E-state index contributed by atoms with van der Waals surface area (Å²) >= 11 is 0. The monoisotopic (exact) mass is 421 g/mol. The molecule has 5 aliphatic rings. The van der Waals surface area contributed by atoms with E-state index in [0.29, 0.717) is 11.0 Å². The highest BCUT2D eigenvalue weighted by molar-refractivity contribution is 5.21. The summed E-state index contributed by atoms with van der Waals surface area (Å²) in [6.07, 6.45) is 16.9. The zero-order valence-electron chi connectivity index (χ0n) is 19.3. The number of hydrogen-bond acceptors (Lipinski definition) is 3. The van der Waals surface area contributed by atoms with Crippen LogP contribution in [0.15, 0.2) is 12.4 Å². The molecule has 0 spiro atoms. The Morgan fingerprint density at radius 3 is 2.58 bits per heavy atom. The predicted molar refractivity (Wildman–Crippen MR) is 120 cm³/mol. The molecule has 0 bridgehead atoms. The Morgan fingerprint density at radius 1 is 1.03 bits per heavy atom. The van der Waals surface area contributed by atoms with Crippen molar-refractivity contribution in [2.45, 2.75) is 90.2 Å². The van der Waals surface area contributed by atoms with Crippen LogP contribution in [0.2, 0.25) is 0 Å². The molecule has 0 radical (unpaired) electrons. The minimum Gasteiger partial charge on any atom is -0.390 e. The van der Waals surface area contributed by atoms with Crippen molar-refractivity contribution in [3.63, 3.8) is 0 Å². The fourth-order valence-electron chi connectivity index (χ4n) is 9.56. The van der Waals surface area contributed by atoms with Crippen LogP contribution in [0.4, 0.5) is 0 Å². The third kappa shape index (κ3) is 3.29. The van der Waals surface area contributed by atoms with Crippen molar-refractivity contribution < 1.29 is 5.11 Å². The molecule has 1 N–H and O–H groups in total. The molecular formula is C27H39N3O. The minimum atomic E-state index is -0.404. The lowest BCUT2D eigenvalue weighted by molar-refractivity contribution is -0.101. The third-order valence-electron chi connectivity index (χ3n) is 11.0. The molecule has 1 aromatic rings. The summed E-state index contributed by atoms with van der Waals surface area (Å²) in [5.74, 6) is 7.06. The van der Waals surface area contributed by atoms with Gasteiger partial charge in [0, 0.05) is 12.7 Å². The molecule has 1 heterocycles. The van der Waals surface area contributed by atoms with Crippen molar-refractivity contribution in [3.05, 3.63) is 18.0 Å². The Labute approximate surface area is 187 Å². The lowest BCUT2D eigenvalue weighted by atomic mass is 9.49. The highest BCUT2D eigenvalue weighted by atomic mass is 16.3. The van der Waals surface area contributed by atoms with E-state index < -0.39 is 5.60 Å². The predicted octanol–water partition coefficient (Wildman–Crippen LogP) is 5.41. The van der Waals surface area contributed by atoms with Gasteiger partial charge in [-0.15, -0.1) is 0 Å². The van der Waals surface area contributed by atoms with Crippen molar-refractivity contribution in [3.8, 4) is 6.07 Å². The van der Waals surface area contributed by atoms with E-state index in [1.165, 1.54) is 51.4 Å². The molecule has 0 aliphatic heterocycles. The van der Waals surface area contributed by atoms with Crippen LogP contribution in [0.1, 0.15) is 83.6 Å². The molecule has 5 saturated carbocycles. The van der Waals surface area contributed by atoms with Gasteiger partial charge in [-0.05, 0) is 124 Å². The first-order chi connectivity index (χ1) is 14.9. The number of aliphatic hydroxyl groups is 1. The Kier molecular flexibility index (Phi) is 4.63. The highest BCUT2D eigenvalue weighted by Gasteiger charge is 2.61. The van der Waals surface area contributed by atoms with Gasteiger partial charge < -0.3 is 5.11 Å². The quantitative estimate of drug-likeness (QED) is 0.710. The van der Waals surface area contributed by atoms with Gasteiger partial charge in [-0.25, -0.2) is 0 Å². The zero-order valence-corrected chi connectivity index (χ0v) is 19.3. The highest BCUT2D eigenvalue weighted by Crippen LogP contribution is 2.68. The molecule has 4 heteroatoms. The van der Waals surface area contributed by atoms with Gasteiger partial charge in [0.1, 0.15) is 6.07 Å². The summed E-state index contributed by atoms with van der Waals surface area (Å²) in [5, 5.41) is 24.1. The second-order valence-electron chi connectivity index (χ2n) is 12.6. The summed E-state index contributed by atoms with van der Waals surface area (Å²) in [4.78, 5) is 0. The van der Waals surface area contributed by atoms with Crippen molar-refractivity contribution >= 4 is 0 Å². The molecule has 1 aromatic heterocycles. The van der Waals surface area contributed by atoms with Gasteiger partial charge in [0.25, 0.3) is 0 Å². The van der Waals surface area contributed by atoms with E-state index in [-0.39, 0.29) is 0 Å². The van der Waals surface area contributed by atoms with Crippen LogP contribution < -0.4 is 0 Å². The van der Waals surface area contributed by atoms with Crippen LogP contribution in [-0.2, 0) is 6.54 Å².